The quantitative estimate of drug-likeness (QED) is 0.294. The number of aromatic nitrogens is 5. The Morgan fingerprint density at radius 3 is 2.81 bits per heavy atom. The number of alkyl halides is 2. The summed E-state index contributed by atoms with van der Waals surface area (Å²) >= 11 is 0. The molecule has 184 valence electrons. The van der Waals surface area contributed by atoms with E-state index in [1.165, 1.54) is 0 Å². The number of hydrogen-bond acceptors (Lipinski definition) is 5. The van der Waals surface area contributed by atoms with Crippen LogP contribution in [0, 0.1) is 0 Å². The minimum atomic E-state index is -2.61. The standard InChI is InChI=1S/C28H22F2N6O/c29-28(30)7-8-36(16-28)14-17-10-19(13-31-12-17)22-4-5-24-26(33-22)27(35-34-24)25-11-21-20(18-6-9-37-15-18)2-1-3-23(21)32-25/h1-6,9-13,15,32H,7-8,14,16H2,(H,34,35). The first-order chi connectivity index (χ1) is 18.0. The lowest BCUT2D eigenvalue weighted by Gasteiger charge is -2.15. The summed E-state index contributed by atoms with van der Waals surface area (Å²) in [6, 6.07) is 16.0. The number of fused-ring (bicyclic) bond motifs is 2. The number of pyridine rings is 2. The number of rotatable bonds is 5. The van der Waals surface area contributed by atoms with E-state index in [1.54, 1.807) is 29.8 Å². The summed E-state index contributed by atoms with van der Waals surface area (Å²) in [5.74, 6) is -2.61. The van der Waals surface area contributed by atoms with Crippen molar-refractivity contribution in [2.24, 2.45) is 0 Å². The molecule has 5 aromatic heterocycles. The second kappa shape index (κ2) is 8.35. The van der Waals surface area contributed by atoms with Crippen LogP contribution in [0.3, 0.4) is 0 Å². The fourth-order valence-corrected chi connectivity index (χ4v) is 5.11. The maximum absolute atomic E-state index is 13.6. The molecule has 7 rings (SSSR count). The first-order valence-electron chi connectivity index (χ1n) is 12.1. The van der Waals surface area contributed by atoms with Crippen molar-refractivity contribution in [2.45, 2.75) is 18.9 Å². The molecule has 1 aliphatic heterocycles. The Labute approximate surface area is 210 Å². The van der Waals surface area contributed by atoms with Crippen molar-refractivity contribution < 1.29 is 13.2 Å². The average Bonchev–Trinajstić information content (AvgIpc) is 3.69. The van der Waals surface area contributed by atoms with Gasteiger partial charge in [-0.15, -0.1) is 0 Å². The van der Waals surface area contributed by atoms with E-state index < -0.39 is 5.92 Å². The number of hydrogen-bond donors (Lipinski definition) is 2. The zero-order chi connectivity index (χ0) is 25.0. The van der Waals surface area contributed by atoms with Crippen molar-refractivity contribution in [2.75, 3.05) is 13.1 Å². The zero-order valence-electron chi connectivity index (χ0n) is 19.7. The lowest BCUT2D eigenvalue weighted by atomic mass is 10.0. The van der Waals surface area contributed by atoms with E-state index >= 15 is 0 Å². The van der Waals surface area contributed by atoms with Gasteiger partial charge in [-0.1, -0.05) is 12.1 Å². The summed E-state index contributed by atoms with van der Waals surface area (Å²) in [5, 5.41) is 8.70. The van der Waals surface area contributed by atoms with Crippen LogP contribution < -0.4 is 0 Å². The topological polar surface area (TPSA) is 86.6 Å². The van der Waals surface area contributed by atoms with Gasteiger partial charge in [-0.05, 0) is 47.5 Å². The van der Waals surface area contributed by atoms with Crippen molar-refractivity contribution in [1.82, 2.24) is 30.0 Å². The van der Waals surface area contributed by atoms with Crippen molar-refractivity contribution in [3.63, 3.8) is 0 Å². The van der Waals surface area contributed by atoms with Crippen LogP contribution in [0.15, 0.2) is 77.9 Å². The van der Waals surface area contributed by atoms with Gasteiger partial charge in [0, 0.05) is 53.9 Å². The van der Waals surface area contributed by atoms with Gasteiger partial charge >= 0.3 is 0 Å². The molecule has 0 radical (unpaired) electrons. The van der Waals surface area contributed by atoms with E-state index in [0.717, 1.165) is 61.3 Å². The van der Waals surface area contributed by atoms with Gasteiger partial charge in [0.05, 0.1) is 36.0 Å². The van der Waals surface area contributed by atoms with Crippen LogP contribution in [0.2, 0.25) is 0 Å². The highest BCUT2D eigenvalue weighted by atomic mass is 19.3. The van der Waals surface area contributed by atoms with Gasteiger partial charge < -0.3 is 9.40 Å². The predicted octanol–water partition coefficient (Wildman–Crippen LogP) is 6.27. The lowest BCUT2D eigenvalue weighted by Crippen LogP contribution is -2.24. The molecule has 1 aliphatic rings. The van der Waals surface area contributed by atoms with Crippen LogP contribution in [0.1, 0.15) is 12.0 Å². The van der Waals surface area contributed by atoms with Crippen LogP contribution in [0.25, 0.3) is 55.7 Å². The predicted molar refractivity (Wildman–Crippen MR) is 137 cm³/mol. The summed E-state index contributed by atoms with van der Waals surface area (Å²) in [6.45, 7) is 0.600. The number of nitrogens with zero attached hydrogens (tertiary/aromatic N) is 4. The summed E-state index contributed by atoms with van der Waals surface area (Å²) in [4.78, 5) is 14.5. The number of nitrogens with one attached hydrogen (secondary N) is 2. The maximum atomic E-state index is 13.6. The molecule has 0 atom stereocenters. The van der Waals surface area contributed by atoms with E-state index in [-0.39, 0.29) is 13.0 Å². The molecule has 0 amide bonds. The molecule has 0 bridgehead atoms. The molecule has 0 aliphatic carbocycles. The molecule has 1 fully saturated rings. The number of H-pyrrole nitrogens is 2. The van der Waals surface area contributed by atoms with Crippen molar-refractivity contribution in [3.05, 3.63) is 79.0 Å². The van der Waals surface area contributed by atoms with Gasteiger partial charge in [0.1, 0.15) is 11.2 Å². The van der Waals surface area contributed by atoms with Crippen molar-refractivity contribution in [3.8, 4) is 33.8 Å². The van der Waals surface area contributed by atoms with Crippen molar-refractivity contribution >= 4 is 21.9 Å². The van der Waals surface area contributed by atoms with Gasteiger partial charge in [0.25, 0.3) is 5.92 Å². The van der Waals surface area contributed by atoms with Crippen LogP contribution >= 0.6 is 0 Å². The molecule has 6 heterocycles. The van der Waals surface area contributed by atoms with E-state index in [9.17, 15) is 8.78 Å². The Balaban J connectivity index is 1.24. The number of halogens is 2. The highest BCUT2D eigenvalue weighted by Gasteiger charge is 2.37. The normalized spacial score (nSPS) is 15.7. The van der Waals surface area contributed by atoms with Gasteiger partial charge in [-0.3, -0.25) is 15.0 Å². The molecule has 9 heteroatoms. The highest BCUT2D eigenvalue weighted by molar-refractivity contribution is 6.00. The minimum Gasteiger partial charge on any atom is -0.472 e. The highest BCUT2D eigenvalue weighted by Crippen LogP contribution is 2.34. The molecule has 0 spiro atoms. The fraction of sp³-hybridized carbons (Fsp3) is 0.179. The smallest absolute Gasteiger partial charge is 0.261 e. The SMILES string of the molecule is FC1(F)CCN(Cc2cncc(-c3ccc4[nH]nc(-c5cc6c(-c7ccoc7)cccc6[nH]5)c4n3)c2)C1. The van der Waals surface area contributed by atoms with Gasteiger partial charge in [-0.2, -0.15) is 5.10 Å². The molecule has 2 N–H and O–H groups in total. The first-order valence-corrected chi connectivity index (χ1v) is 12.1. The van der Waals surface area contributed by atoms with Gasteiger partial charge in [0.2, 0.25) is 0 Å². The van der Waals surface area contributed by atoms with Gasteiger partial charge in [0.15, 0.2) is 0 Å². The third kappa shape index (κ3) is 3.97. The minimum absolute atomic E-state index is 0.0983. The molecule has 1 saturated heterocycles. The van der Waals surface area contributed by atoms with E-state index in [1.807, 2.05) is 36.4 Å². The first kappa shape index (κ1) is 21.9. The number of aromatic amines is 2. The lowest BCUT2D eigenvalue weighted by molar-refractivity contribution is 0.0115. The Kier molecular flexibility index (Phi) is 4.93. The molecule has 0 unspecified atom stereocenters. The number of furan rings is 1. The molecule has 6 aromatic rings. The Hall–Kier alpha value is -4.37. The Morgan fingerprint density at radius 1 is 1.03 bits per heavy atom. The van der Waals surface area contributed by atoms with E-state index in [4.69, 9.17) is 9.40 Å². The molecular weight excluding hydrogens is 474 g/mol. The number of benzene rings is 1. The van der Waals surface area contributed by atoms with Crippen LogP contribution in [-0.4, -0.2) is 49.1 Å². The average molecular weight is 497 g/mol. The summed E-state index contributed by atoms with van der Waals surface area (Å²) in [6.07, 6.45) is 6.77. The summed E-state index contributed by atoms with van der Waals surface area (Å²) in [5.41, 5.74) is 8.64. The molecule has 37 heavy (non-hydrogen) atoms. The van der Waals surface area contributed by atoms with Crippen molar-refractivity contribution in [1.29, 1.82) is 0 Å². The molecular formula is C28H22F2N6O. The second-order valence-electron chi connectivity index (χ2n) is 9.53. The number of likely N-dealkylation sites (tertiary alicyclic amines) is 1. The zero-order valence-corrected chi connectivity index (χ0v) is 19.7. The maximum Gasteiger partial charge on any atom is 0.261 e. The summed E-state index contributed by atoms with van der Waals surface area (Å²) < 4.78 is 32.5. The second-order valence-corrected chi connectivity index (χ2v) is 9.53. The third-order valence-corrected chi connectivity index (χ3v) is 6.90. The van der Waals surface area contributed by atoms with Gasteiger partial charge in [-0.25, -0.2) is 13.8 Å². The van der Waals surface area contributed by atoms with E-state index in [0.29, 0.717) is 13.1 Å². The molecule has 7 nitrogen and oxygen atoms in total. The Morgan fingerprint density at radius 2 is 1.97 bits per heavy atom. The van der Waals surface area contributed by atoms with E-state index in [2.05, 4.69) is 32.3 Å². The largest absolute Gasteiger partial charge is 0.472 e. The molecule has 1 aromatic carbocycles. The summed E-state index contributed by atoms with van der Waals surface area (Å²) in [7, 11) is 0. The van der Waals surface area contributed by atoms with Crippen LogP contribution in [0.5, 0.6) is 0 Å². The van der Waals surface area contributed by atoms with Crippen LogP contribution in [-0.2, 0) is 6.54 Å². The third-order valence-electron chi connectivity index (χ3n) is 6.90. The molecule has 0 saturated carbocycles. The fourth-order valence-electron chi connectivity index (χ4n) is 5.11. The Bertz CT molecular complexity index is 1740. The van der Waals surface area contributed by atoms with Crippen LogP contribution in [0.4, 0.5) is 8.78 Å². The monoisotopic (exact) mass is 496 g/mol.